The summed E-state index contributed by atoms with van der Waals surface area (Å²) in [6.45, 7) is 0. The van der Waals surface area contributed by atoms with Crippen LogP contribution in [0.4, 0.5) is 11.4 Å². The Kier molecular flexibility index (Phi) is 2.49. The molecule has 1 aliphatic carbocycles. The van der Waals surface area contributed by atoms with Crippen molar-refractivity contribution in [3.05, 3.63) is 18.5 Å². The smallest absolute Gasteiger partial charge is 0.299 e. The normalized spacial score (nSPS) is 16.3. The maximum atomic E-state index is 11.5. The summed E-state index contributed by atoms with van der Waals surface area (Å²) < 4.78 is 27.9. The van der Waals surface area contributed by atoms with Gasteiger partial charge in [-0.15, -0.1) is 0 Å². The van der Waals surface area contributed by atoms with E-state index in [1.54, 1.807) is 0 Å². The van der Waals surface area contributed by atoms with E-state index in [0.29, 0.717) is 11.4 Å². The van der Waals surface area contributed by atoms with Crippen molar-refractivity contribution in [3.63, 3.8) is 0 Å². The van der Waals surface area contributed by atoms with Gasteiger partial charge in [-0.2, -0.15) is 13.1 Å². The molecule has 0 spiro atoms. The molecule has 15 heavy (non-hydrogen) atoms. The number of aromatic nitrogens is 1. The topological polar surface area (TPSA) is 97.1 Å². The summed E-state index contributed by atoms with van der Waals surface area (Å²) in [4.78, 5) is 3.77. The van der Waals surface area contributed by atoms with Gasteiger partial charge in [0.05, 0.1) is 17.6 Å². The van der Waals surface area contributed by atoms with Crippen LogP contribution in [0.2, 0.25) is 0 Å². The van der Waals surface area contributed by atoms with E-state index in [2.05, 4.69) is 14.4 Å². The third-order valence-corrected chi connectivity index (χ3v) is 3.13. The number of hydrogen-bond donors (Lipinski definition) is 3. The van der Waals surface area contributed by atoms with Gasteiger partial charge in [-0.3, -0.25) is 9.71 Å². The second kappa shape index (κ2) is 3.67. The van der Waals surface area contributed by atoms with Crippen LogP contribution in [0, 0.1) is 0 Å². The highest BCUT2D eigenvalue weighted by atomic mass is 32.2. The summed E-state index contributed by atoms with van der Waals surface area (Å²) in [5.74, 6) is 0. The summed E-state index contributed by atoms with van der Waals surface area (Å²) in [5.41, 5.74) is 6.21. The van der Waals surface area contributed by atoms with Crippen LogP contribution < -0.4 is 15.2 Å². The average molecular weight is 228 g/mol. The molecule has 6 nitrogen and oxygen atoms in total. The van der Waals surface area contributed by atoms with Gasteiger partial charge in [0.15, 0.2) is 0 Å². The van der Waals surface area contributed by atoms with E-state index in [0.717, 1.165) is 12.8 Å². The van der Waals surface area contributed by atoms with E-state index < -0.39 is 10.2 Å². The van der Waals surface area contributed by atoms with Crippen molar-refractivity contribution in [2.45, 2.75) is 18.9 Å². The van der Waals surface area contributed by atoms with Crippen molar-refractivity contribution in [3.8, 4) is 0 Å². The number of anilines is 2. The lowest BCUT2D eigenvalue weighted by molar-refractivity contribution is 0.586. The van der Waals surface area contributed by atoms with Crippen molar-refractivity contribution < 1.29 is 8.42 Å². The van der Waals surface area contributed by atoms with E-state index in [4.69, 9.17) is 5.73 Å². The van der Waals surface area contributed by atoms with Gasteiger partial charge < -0.3 is 5.73 Å². The standard InChI is InChI=1S/C8H12N4O2S/c9-7-5-10-4-3-8(7)12-15(13,14)11-6-1-2-6/h3-6,11H,1-2,9H2,(H,10,12). The Bertz CT molecular complexity index is 455. The molecule has 0 atom stereocenters. The van der Waals surface area contributed by atoms with Crippen LogP contribution in [-0.2, 0) is 10.2 Å². The van der Waals surface area contributed by atoms with Gasteiger partial charge in [0.1, 0.15) is 0 Å². The van der Waals surface area contributed by atoms with Crippen LogP contribution in [0.3, 0.4) is 0 Å². The lowest BCUT2D eigenvalue weighted by Crippen LogP contribution is -2.32. The minimum absolute atomic E-state index is 0.0746. The summed E-state index contributed by atoms with van der Waals surface area (Å²) >= 11 is 0. The molecule has 82 valence electrons. The molecular formula is C8H12N4O2S. The van der Waals surface area contributed by atoms with Crippen molar-refractivity contribution in [2.75, 3.05) is 10.5 Å². The number of nitrogens with zero attached hydrogens (tertiary/aromatic N) is 1. The zero-order chi connectivity index (χ0) is 10.9. The highest BCUT2D eigenvalue weighted by Gasteiger charge is 2.26. The van der Waals surface area contributed by atoms with Gasteiger partial charge in [-0.05, 0) is 18.9 Å². The first-order chi connectivity index (χ1) is 7.07. The molecule has 1 aliphatic rings. The highest BCUT2D eigenvalue weighted by Crippen LogP contribution is 2.21. The molecule has 4 N–H and O–H groups in total. The van der Waals surface area contributed by atoms with Gasteiger partial charge in [0.2, 0.25) is 0 Å². The zero-order valence-corrected chi connectivity index (χ0v) is 8.79. The first kappa shape index (κ1) is 10.2. The van der Waals surface area contributed by atoms with Crippen LogP contribution in [0.1, 0.15) is 12.8 Å². The third kappa shape index (κ3) is 2.80. The number of nitrogens with two attached hydrogens (primary N) is 1. The number of hydrogen-bond acceptors (Lipinski definition) is 4. The summed E-state index contributed by atoms with van der Waals surface area (Å²) in [7, 11) is -3.50. The lowest BCUT2D eigenvalue weighted by Gasteiger charge is -2.09. The molecule has 0 aliphatic heterocycles. The van der Waals surface area contributed by atoms with Crippen LogP contribution >= 0.6 is 0 Å². The molecular weight excluding hydrogens is 216 g/mol. The molecule has 1 fully saturated rings. The Balaban J connectivity index is 2.10. The molecule has 0 aromatic carbocycles. The maximum absolute atomic E-state index is 11.5. The fourth-order valence-corrected chi connectivity index (χ4v) is 2.30. The van der Waals surface area contributed by atoms with E-state index in [1.165, 1.54) is 18.5 Å². The molecule has 1 saturated carbocycles. The fraction of sp³-hybridized carbons (Fsp3) is 0.375. The molecule has 0 radical (unpaired) electrons. The average Bonchev–Trinajstić information content (AvgIpc) is 2.91. The Hall–Kier alpha value is -1.34. The predicted molar refractivity (Wildman–Crippen MR) is 57.3 cm³/mol. The van der Waals surface area contributed by atoms with Crippen molar-refractivity contribution >= 4 is 21.6 Å². The minimum Gasteiger partial charge on any atom is -0.396 e. The Labute approximate surface area is 88.1 Å². The molecule has 0 amide bonds. The largest absolute Gasteiger partial charge is 0.396 e. The van der Waals surface area contributed by atoms with Crippen LogP contribution in [0.15, 0.2) is 18.5 Å². The van der Waals surface area contributed by atoms with Crippen molar-refractivity contribution in [1.29, 1.82) is 0 Å². The monoisotopic (exact) mass is 228 g/mol. The predicted octanol–water partition coefficient (Wildman–Crippen LogP) is 0.0725. The Morgan fingerprint density at radius 3 is 2.80 bits per heavy atom. The SMILES string of the molecule is Nc1cnccc1NS(=O)(=O)NC1CC1. The molecule has 0 saturated heterocycles. The molecule has 1 heterocycles. The Morgan fingerprint density at radius 2 is 2.20 bits per heavy atom. The number of nitrogens with one attached hydrogen (secondary N) is 2. The van der Waals surface area contributed by atoms with E-state index in [1.807, 2.05) is 0 Å². The number of pyridine rings is 1. The van der Waals surface area contributed by atoms with Gasteiger partial charge in [0.25, 0.3) is 10.2 Å². The highest BCUT2D eigenvalue weighted by molar-refractivity contribution is 7.90. The third-order valence-electron chi connectivity index (χ3n) is 2.00. The summed E-state index contributed by atoms with van der Waals surface area (Å²) in [6.07, 6.45) is 4.67. The molecule has 0 unspecified atom stereocenters. The first-order valence-electron chi connectivity index (χ1n) is 4.56. The minimum atomic E-state index is -3.50. The number of rotatable bonds is 4. The lowest BCUT2D eigenvalue weighted by atomic mass is 10.4. The van der Waals surface area contributed by atoms with Gasteiger partial charge in [-0.25, -0.2) is 0 Å². The second-order valence-electron chi connectivity index (χ2n) is 3.46. The van der Waals surface area contributed by atoms with Crippen molar-refractivity contribution in [1.82, 2.24) is 9.71 Å². The molecule has 0 bridgehead atoms. The van der Waals surface area contributed by atoms with Crippen LogP contribution in [0.5, 0.6) is 0 Å². The molecule has 2 rings (SSSR count). The van der Waals surface area contributed by atoms with Gasteiger partial charge >= 0.3 is 0 Å². The van der Waals surface area contributed by atoms with E-state index >= 15 is 0 Å². The zero-order valence-electron chi connectivity index (χ0n) is 7.97. The molecule has 1 aromatic rings. The van der Waals surface area contributed by atoms with E-state index in [-0.39, 0.29) is 6.04 Å². The van der Waals surface area contributed by atoms with Crippen molar-refractivity contribution in [2.24, 2.45) is 0 Å². The summed E-state index contributed by atoms with van der Waals surface area (Å²) in [6, 6.07) is 1.59. The number of nitrogen functional groups attached to an aromatic ring is 1. The maximum Gasteiger partial charge on any atom is 0.299 e. The fourth-order valence-electron chi connectivity index (χ4n) is 1.09. The van der Waals surface area contributed by atoms with Gasteiger partial charge in [0, 0.05) is 12.2 Å². The van der Waals surface area contributed by atoms with Crippen LogP contribution in [-0.4, -0.2) is 19.4 Å². The van der Waals surface area contributed by atoms with E-state index in [9.17, 15) is 8.42 Å². The summed E-state index contributed by atoms with van der Waals surface area (Å²) in [5, 5.41) is 0. The van der Waals surface area contributed by atoms with Gasteiger partial charge in [-0.1, -0.05) is 0 Å². The second-order valence-corrected chi connectivity index (χ2v) is 4.91. The quantitative estimate of drug-likeness (QED) is 0.679. The first-order valence-corrected chi connectivity index (χ1v) is 6.05. The molecule has 7 heteroatoms. The van der Waals surface area contributed by atoms with Crippen LogP contribution in [0.25, 0.3) is 0 Å². The molecule has 1 aromatic heterocycles. The Morgan fingerprint density at radius 1 is 1.47 bits per heavy atom.